The molecule has 0 N–H and O–H groups in total. The lowest BCUT2D eigenvalue weighted by molar-refractivity contribution is -0.104. The van der Waals surface area contributed by atoms with Gasteiger partial charge in [0.25, 0.3) is 0 Å². The first kappa shape index (κ1) is 9.95. The van der Waals surface area contributed by atoms with Crippen LogP contribution in [0.5, 0.6) is 0 Å². The molecule has 0 radical (unpaired) electrons. The molecule has 2 nitrogen and oxygen atoms in total. The maximum Gasteiger partial charge on any atom is 0.152 e. The molecule has 0 aliphatic heterocycles. The van der Waals surface area contributed by atoms with E-state index in [2.05, 4.69) is 6.58 Å². The maximum atomic E-state index is 10.5. The van der Waals surface area contributed by atoms with Crippen molar-refractivity contribution in [1.82, 2.24) is 4.90 Å². The summed E-state index contributed by atoms with van der Waals surface area (Å²) in [7, 11) is 3.81. The molecule has 0 atom stereocenters. The van der Waals surface area contributed by atoms with E-state index in [-0.39, 0.29) is 0 Å². The molecule has 0 saturated heterocycles. The van der Waals surface area contributed by atoms with Crippen LogP contribution in [0.15, 0.2) is 23.4 Å². The van der Waals surface area contributed by atoms with E-state index in [1.54, 1.807) is 0 Å². The number of hydrogen-bond donors (Lipinski definition) is 0. The van der Waals surface area contributed by atoms with Gasteiger partial charge in [-0.25, -0.2) is 0 Å². The number of carbonyl (C=O) groups is 1. The SMILES string of the molecule is C=C(C)/C(C=O)=C(/C)N(C)C. The summed E-state index contributed by atoms with van der Waals surface area (Å²) in [6.45, 7) is 7.45. The molecule has 11 heavy (non-hydrogen) atoms. The molecular weight excluding hydrogens is 138 g/mol. The van der Waals surface area contributed by atoms with Crippen molar-refractivity contribution in [1.29, 1.82) is 0 Å². The molecule has 0 saturated carbocycles. The van der Waals surface area contributed by atoms with E-state index in [9.17, 15) is 4.79 Å². The minimum Gasteiger partial charge on any atom is -0.381 e. The Morgan fingerprint density at radius 3 is 1.91 bits per heavy atom. The molecule has 2 heteroatoms. The van der Waals surface area contributed by atoms with Crippen molar-refractivity contribution in [2.75, 3.05) is 14.1 Å². The molecule has 0 aromatic heterocycles. The number of hydrogen-bond acceptors (Lipinski definition) is 2. The lowest BCUT2D eigenvalue weighted by Crippen LogP contribution is -2.11. The minimum atomic E-state index is 0.690. The summed E-state index contributed by atoms with van der Waals surface area (Å²) in [5, 5.41) is 0. The third kappa shape index (κ3) is 2.58. The van der Waals surface area contributed by atoms with Crippen LogP contribution in [0.4, 0.5) is 0 Å². The molecule has 0 amide bonds. The molecule has 62 valence electrons. The standard InChI is InChI=1S/C9H15NO/c1-7(2)9(6-11)8(3)10(4)5/h6H,1H2,2-5H3/b9-8-. The van der Waals surface area contributed by atoms with E-state index in [1.165, 1.54) is 0 Å². The third-order valence-electron chi connectivity index (χ3n) is 1.64. The highest BCUT2D eigenvalue weighted by Crippen LogP contribution is 2.11. The van der Waals surface area contributed by atoms with Crippen molar-refractivity contribution in [3.63, 3.8) is 0 Å². The second-order valence-corrected chi connectivity index (χ2v) is 2.79. The average Bonchev–Trinajstić information content (AvgIpc) is 1.88. The Labute approximate surface area is 68.2 Å². The summed E-state index contributed by atoms with van der Waals surface area (Å²) >= 11 is 0. The zero-order chi connectivity index (χ0) is 9.02. The summed E-state index contributed by atoms with van der Waals surface area (Å²) in [5.41, 5.74) is 2.45. The van der Waals surface area contributed by atoms with Crippen molar-refractivity contribution in [3.05, 3.63) is 23.4 Å². The Morgan fingerprint density at radius 2 is 1.82 bits per heavy atom. The summed E-state index contributed by atoms with van der Waals surface area (Å²) in [6, 6.07) is 0. The number of allylic oxidation sites excluding steroid dienone is 3. The van der Waals surface area contributed by atoms with Crippen LogP contribution in [-0.2, 0) is 4.79 Å². The lowest BCUT2D eigenvalue weighted by atomic mass is 10.1. The second kappa shape index (κ2) is 3.96. The predicted octanol–water partition coefficient (Wildman–Crippen LogP) is 1.60. The van der Waals surface area contributed by atoms with Gasteiger partial charge in [-0.15, -0.1) is 0 Å². The third-order valence-corrected chi connectivity index (χ3v) is 1.64. The molecule has 0 aliphatic rings. The topological polar surface area (TPSA) is 20.3 Å². The molecule has 0 fully saturated rings. The Balaban J connectivity index is 4.83. The fourth-order valence-corrected chi connectivity index (χ4v) is 0.736. The van der Waals surface area contributed by atoms with Crippen LogP contribution in [0.1, 0.15) is 13.8 Å². The Morgan fingerprint density at radius 1 is 1.36 bits per heavy atom. The van der Waals surface area contributed by atoms with Gasteiger partial charge < -0.3 is 4.90 Å². The molecule has 0 aromatic rings. The zero-order valence-electron chi connectivity index (χ0n) is 7.64. The van der Waals surface area contributed by atoms with Crippen molar-refractivity contribution in [3.8, 4) is 0 Å². The van der Waals surface area contributed by atoms with Gasteiger partial charge >= 0.3 is 0 Å². The molecule has 0 unspecified atom stereocenters. The highest BCUT2D eigenvalue weighted by Gasteiger charge is 2.02. The Kier molecular flexibility index (Phi) is 3.58. The highest BCUT2D eigenvalue weighted by atomic mass is 16.1. The van der Waals surface area contributed by atoms with E-state index < -0.39 is 0 Å². The summed E-state index contributed by atoms with van der Waals surface area (Å²) in [4.78, 5) is 12.4. The van der Waals surface area contributed by atoms with E-state index in [1.807, 2.05) is 32.8 Å². The van der Waals surface area contributed by atoms with Crippen LogP contribution in [0, 0.1) is 0 Å². The lowest BCUT2D eigenvalue weighted by Gasteiger charge is -2.15. The molecule has 0 aromatic carbocycles. The molecule has 0 bridgehead atoms. The second-order valence-electron chi connectivity index (χ2n) is 2.79. The first-order valence-corrected chi connectivity index (χ1v) is 3.50. The van der Waals surface area contributed by atoms with E-state index in [0.29, 0.717) is 5.57 Å². The summed E-state index contributed by atoms with van der Waals surface area (Å²) < 4.78 is 0. The largest absolute Gasteiger partial charge is 0.381 e. The van der Waals surface area contributed by atoms with Crippen LogP contribution < -0.4 is 0 Å². The smallest absolute Gasteiger partial charge is 0.152 e. The van der Waals surface area contributed by atoms with Crippen molar-refractivity contribution >= 4 is 6.29 Å². The van der Waals surface area contributed by atoms with Crippen molar-refractivity contribution in [2.24, 2.45) is 0 Å². The fraction of sp³-hybridized carbons (Fsp3) is 0.444. The predicted molar refractivity (Wildman–Crippen MR) is 47.3 cm³/mol. The first-order chi connectivity index (χ1) is 5.00. The van der Waals surface area contributed by atoms with Crippen molar-refractivity contribution < 1.29 is 4.79 Å². The molecule has 0 spiro atoms. The van der Waals surface area contributed by atoms with Gasteiger partial charge in [0.1, 0.15) is 0 Å². The van der Waals surface area contributed by atoms with Gasteiger partial charge in [0, 0.05) is 25.4 Å². The maximum absolute atomic E-state index is 10.5. The van der Waals surface area contributed by atoms with E-state index in [0.717, 1.165) is 17.6 Å². The minimum absolute atomic E-state index is 0.690. The van der Waals surface area contributed by atoms with Gasteiger partial charge in [-0.3, -0.25) is 4.79 Å². The summed E-state index contributed by atoms with van der Waals surface area (Å²) in [6.07, 6.45) is 0.845. The number of aldehydes is 1. The highest BCUT2D eigenvalue weighted by molar-refractivity contribution is 5.80. The van der Waals surface area contributed by atoms with E-state index >= 15 is 0 Å². The quantitative estimate of drug-likeness (QED) is 0.348. The van der Waals surface area contributed by atoms with Gasteiger partial charge in [-0.2, -0.15) is 0 Å². The zero-order valence-corrected chi connectivity index (χ0v) is 7.64. The van der Waals surface area contributed by atoms with Crippen LogP contribution in [-0.4, -0.2) is 25.3 Å². The fourth-order valence-electron chi connectivity index (χ4n) is 0.736. The van der Waals surface area contributed by atoms with Gasteiger partial charge in [0.15, 0.2) is 6.29 Å². The molecule has 0 heterocycles. The average molecular weight is 153 g/mol. The van der Waals surface area contributed by atoms with Gasteiger partial charge in [-0.05, 0) is 19.4 Å². The van der Waals surface area contributed by atoms with Gasteiger partial charge in [0.05, 0.1) is 0 Å². The van der Waals surface area contributed by atoms with Crippen LogP contribution >= 0.6 is 0 Å². The normalized spacial score (nSPS) is 12.0. The van der Waals surface area contributed by atoms with Gasteiger partial charge in [0.2, 0.25) is 0 Å². The summed E-state index contributed by atoms with van der Waals surface area (Å²) in [5.74, 6) is 0. The van der Waals surface area contributed by atoms with Gasteiger partial charge in [-0.1, -0.05) is 6.58 Å². The number of nitrogens with zero attached hydrogens (tertiary/aromatic N) is 1. The first-order valence-electron chi connectivity index (χ1n) is 3.50. The molecule has 0 aliphatic carbocycles. The molecular formula is C9H15NO. The van der Waals surface area contributed by atoms with E-state index in [4.69, 9.17) is 0 Å². The number of rotatable bonds is 3. The number of carbonyl (C=O) groups excluding carboxylic acids is 1. The monoisotopic (exact) mass is 153 g/mol. The molecule has 0 rings (SSSR count). The Hall–Kier alpha value is -1.05. The Bertz CT molecular complexity index is 202. The van der Waals surface area contributed by atoms with Crippen LogP contribution in [0.25, 0.3) is 0 Å². The van der Waals surface area contributed by atoms with Crippen LogP contribution in [0.2, 0.25) is 0 Å². The van der Waals surface area contributed by atoms with Crippen molar-refractivity contribution in [2.45, 2.75) is 13.8 Å². The van der Waals surface area contributed by atoms with Crippen LogP contribution in [0.3, 0.4) is 0 Å².